The molecule has 4 heteroatoms. The fourth-order valence-corrected chi connectivity index (χ4v) is 24.2. The van der Waals surface area contributed by atoms with Gasteiger partial charge in [0.15, 0.2) is 5.90 Å². The molecule has 59 heavy (non-hydrogen) atoms. The van der Waals surface area contributed by atoms with Gasteiger partial charge >= 0.3 is 44.8 Å². The molecule has 0 radical (unpaired) electrons. The Hall–Kier alpha value is -1.66. The topological polar surface area (TPSA) is 0 Å². The Morgan fingerprint density at radius 1 is 0.390 bits per heavy atom. The van der Waals surface area contributed by atoms with Gasteiger partial charge in [-0.25, -0.2) is 0 Å². The van der Waals surface area contributed by atoms with Crippen molar-refractivity contribution in [1.29, 1.82) is 0 Å². The second-order valence-corrected chi connectivity index (χ2v) is 25.3. The molecule has 0 unspecified atom stereocenters. The van der Waals surface area contributed by atoms with Gasteiger partial charge in [0.2, 0.25) is 0 Å². The second kappa shape index (κ2) is 23.7. The average Bonchev–Trinajstić information content (AvgIpc) is 3.86. The van der Waals surface area contributed by atoms with Gasteiger partial charge in [0.25, 0.3) is 0 Å². The first-order valence-corrected chi connectivity index (χ1v) is 26.9. The zero-order valence-corrected chi connectivity index (χ0v) is 41.6. The van der Waals surface area contributed by atoms with Crippen LogP contribution in [0.3, 0.4) is 0 Å². The minimum atomic E-state index is -0.0959. The smallest absolute Gasteiger partial charge is 0.366 e. The zero-order valence-electron chi connectivity index (χ0n) is 35.3. The van der Waals surface area contributed by atoms with Crippen molar-refractivity contribution in [3.63, 3.8) is 0 Å². The van der Waals surface area contributed by atoms with Crippen molar-refractivity contribution in [2.24, 2.45) is 0 Å². The maximum Gasteiger partial charge on any atom is 1.00 e. The average molecular weight is 1180 g/mol. The van der Waals surface area contributed by atoms with E-state index in [9.17, 15) is 0 Å². The minimum absolute atomic E-state index is 0. The molecule has 0 atom stereocenters. The fourth-order valence-electron chi connectivity index (χ4n) is 11.8. The van der Waals surface area contributed by atoms with Crippen molar-refractivity contribution in [2.45, 2.75) is 164 Å². The van der Waals surface area contributed by atoms with Gasteiger partial charge in [-0.15, -0.1) is 35.4 Å². The van der Waals surface area contributed by atoms with E-state index in [1.807, 2.05) is 30.2 Å². The van der Waals surface area contributed by atoms with E-state index in [4.69, 9.17) is 12.8 Å². The number of rotatable bonds is 6. The van der Waals surface area contributed by atoms with Gasteiger partial charge in [0.05, 0.1) is 22.6 Å². The molecule has 0 aliphatic heterocycles. The Labute approximate surface area is 392 Å². The van der Waals surface area contributed by atoms with Crippen LogP contribution < -0.4 is 0 Å². The summed E-state index contributed by atoms with van der Waals surface area (Å²) < 4.78 is 0. The molecular weight excluding hydrogens is 1120 g/mol. The normalized spacial score (nSPS) is 18.8. The minimum Gasteiger partial charge on any atom is -0.366 e. The van der Waals surface area contributed by atoms with Crippen LogP contribution in [0.5, 0.6) is 0 Å². The summed E-state index contributed by atoms with van der Waals surface area (Å²) in [5.41, 5.74) is 17.3. The molecule has 4 fully saturated rings. The molecule has 0 nitrogen and oxygen atoms in total. The maximum atomic E-state index is 7.14. The molecule has 0 spiro atoms. The quantitative estimate of drug-likeness (QED) is 0.0675. The van der Waals surface area contributed by atoms with Crippen molar-refractivity contribution < 1.29 is 44.8 Å². The summed E-state index contributed by atoms with van der Waals surface area (Å²) in [5.74, 6) is 6.74. The summed E-state index contributed by atoms with van der Waals surface area (Å²) in [4.78, 5) is 0. The molecule has 0 bridgehead atoms. The molecule has 10 rings (SSSR count). The molecule has 4 aromatic rings. The van der Waals surface area contributed by atoms with Crippen molar-refractivity contribution in [3.05, 3.63) is 131 Å². The fraction of sp³-hybridized carbons (Fsp3) is 0.491. The SMILES string of the molecule is C1CCC([PH+](C[PH+](C2CCCCC2)C2CCCCC2)C2CCCCC2)CC1.[Au+].[Au+].[C-]#Cc1ccc2c(c1)-c1ccccc1C2.[C-]#Cc1ccc2c(c1)-c1ccccc1C2. The molecule has 6 aliphatic carbocycles. The van der Waals surface area contributed by atoms with Crippen LogP contribution in [-0.4, -0.2) is 28.5 Å². The van der Waals surface area contributed by atoms with Gasteiger partial charge in [0, 0.05) is 15.8 Å². The van der Waals surface area contributed by atoms with Crippen LogP contribution >= 0.6 is 15.8 Å². The van der Waals surface area contributed by atoms with Gasteiger partial charge in [-0.05, 0) is 160 Å². The predicted octanol–water partition coefficient (Wildman–Crippen LogP) is 15.1. The van der Waals surface area contributed by atoms with Crippen LogP contribution in [0.1, 0.15) is 162 Å². The number of benzene rings is 4. The van der Waals surface area contributed by atoms with E-state index in [2.05, 4.69) is 72.5 Å². The predicted molar refractivity (Wildman–Crippen MR) is 251 cm³/mol. The first-order chi connectivity index (χ1) is 28.2. The van der Waals surface area contributed by atoms with E-state index in [1.165, 1.54) is 67.1 Å². The first kappa shape index (κ1) is 46.8. The molecule has 0 heterocycles. The summed E-state index contributed by atoms with van der Waals surface area (Å²) in [6.45, 7) is 0. The van der Waals surface area contributed by atoms with E-state index < -0.39 is 0 Å². The van der Waals surface area contributed by atoms with Gasteiger partial charge in [-0.2, -0.15) is 0 Å². The van der Waals surface area contributed by atoms with Crippen molar-refractivity contribution >= 4 is 15.8 Å². The molecule has 4 saturated carbocycles. The Bertz CT molecular complexity index is 1830. The Balaban J connectivity index is 0.000000156. The molecule has 0 amide bonds. The van der Waals surface area contributed by atoms with E-state index in [-0.39, 0.29) is 60.6 Å². The summed E-state index contributed by atoms with van der Waals surface area (Å²) >= 11 is 0. The van der Waals surface area contributed by atoms with Crippen LogP contribution in [0, 0.1) is 24.7 Å². The molecule has 0 aromatic heterocycles. The summed E-state index contributed by atoms with van der Waals surface area (Å²) in [5, 5.41) is 0. The Morgan fingerprint density at radius 2 is 0.695 bits per heavy atom. The maximum absolute atomic E-state index is 7.14. The molecular formula is C55H66Au2P2+2. The van der Waals surface area contributed by atoms with Gasteiger partial charge in [0.1, 0.15) is 0 Å². The van der Waals surface area contributed by atoms with Gasteiger partial charge in [-0.3, -0.25) is 11.8 Å². The third kappa shape index (κ3) is 11.9. The third-order valence-electron chi connectivity index (χ3n) is 14.8. The number of hydrogen-bond acceptors (Lipinski definition) is 0. The Morgan fingerprint density at radius 3 is 1.02 bits per heavy atom. The molecule has 316 valence electrons. The van der Waals surface area contributed by atoms with Crippen LogP contribution in [0.25, 0.3) is 22.3 Å². The standard InChI is InChI=1S/C25H46P2.2C15H9.2Au/c1-5-13-22(14-6-1)26(23-15-7-2-8-16-23)21-27(24-17-9-3-10-18-24)25-19-11-4-12-20-25;2*1-2-11-7-8-13-10-12-5-3-4-6-14(12)15(13)9-11;;/h22-25H,1-21H2;2*3-9H,10H2;;/q;2*-1;2*+1/p+2. The van der Waals surface area contributed by atoms with Crippen molar-refractivity contribution in [3.8, 4) is 34.1 Å². The summed E-state index contributed by atoms with van der Waals surface area (Å²) in [6, 6.07) is 29.1. The third-order valence-corrected chi connectivity index (χ3v) is 24.6. The number of hydrogen-bond donors (Lipinski definition) is 0. The van der Waals surface area contributed by atoms with E-state index in [0.29, 0.717) is 0 Å². The monoisotopic (exact) mass is 1180 g/mol. The van der Waals surface area contributed by atoms with Crippen molar-refractivity contribution in [2.75, 3.05) is 5.90 Å². The molecule has 0 N–H and O–H groups in total. The van der Waals surface area contributed by atoms with Crippen molar-refractivity contribution in [1.82, 2.24) is 0 Å². The second-order valence-electron chi connectivity index (χ2n) is 18.3. The molecule has 4 aromatic carbocycles. The van der Waals surface area contributed by atoms with E-state index in [0.717, 1.165) is 24.0 Å². The largest absolute Gasteiger partial charge is 1.00 e. The van der Waals surface area contributed by atoms with Crippen LogP contribution in [0.2, 0.25) is 0 Å². The molecule has 6 aliphatic rings. The van der Waals surface area contributed by atoms with Crippen LogP contribution in [-0.2, 0) is 57.6 Å². The Kier molecular flexibility index (Phi) is 18.8. The van der Waals surface area contributed by atoms with Crippen LogP contribution in [0.4, 0.5) is 0 Å². The number of fused-ring (bicyclic) bond motifs is 6. The first-order valence-electron chi connectivity index (χ1n) is 23.2. The molecule has 0 saturated heterocycles. The van der Waals surface area contributed by atoms with Gasteiger partial charge in [-0.1, -0.05) is 86.3 Å². The zero-order chi connectivity index (χ0) is 38.8. The summed E-state index contributed by atoms with van der Waals surface area (Å²) in [7, 11) is -0.192. The van der Waals surface area contributed by atoms with E-state index in [1.54, 1.807) is 128 Å². The summed E-state index contributed by atoms with van der Waals surface area (Å²) in [6.07, 6.45) is 48.4. The van der Waals surface area contributed by atoms with Crippen LogP contribution in [0.15, 0.2) is 84.9 Å². The van der Waals surface area contributed by atoms with Gasteiger partial charge < -0.3 is 12.8 Å². The van der Waals surface area contributed by atoms with E-state index >= 15 is 0 Å².